The zero-order valence-corrected chi connectivity index (χ0v) is 22.4. The van der Waals surface area contributed by atoms with Crippen molar-refractivity contribution in [1.82, 2.24) is 14.6 Å². The van der Waals surface area contributed by atoms with Crippen molar-refractivity contribution in [2.24, 2.45) is 0 Å². The molecule has 4 heteroatoms. The summed E-state index contributed by atoms with van der Waals surface area (Å²) in [6, 6.07) is 38.5. The van der Waals surface area contributed by atoms with Crippen molar-refractivity contribution < 1.29 is 4.42 Å². The molecule has 4 nitrogen and oxygen atoms in total. The zero-order chi connectivity index (χ0) is 26.8. The predicted molar refractivity (Wildman–Crippen MR) is 165 cm³/mol. The van der Waals surface area contributed by atoms with Gasteiger partial charge in [-0.05, 0) is 47.1 Å². The largest absolute Gasteiger partial charge is 0.455 e. The summed E-state index contributed by atoms with van der Waals surface area (Å²) in [5.74, 6) is 1.35. The molecule has 0 N–H and O–H groups in total. The molecule has 3 aromatic heterocycles. The van der Waals surface area contributed by atoms with Gasteiger partial charge in [-0.1, -0.05) is 105 Å². The second-order valence-electron chi connectivity index (χ2n) is 10.7. The Hall–Kier alpha value is -4.96. The third kappa shape index (κ3) is 3.32. The van der Waals surface area contributed by atoms with E-state index in [9.17, 15) is 0 Å². The normalized spacial score (nSPS) is 12.8. The van der Waals surface area contributed by atoms with Gasteiger partial charge < -0.3 is 4.42 Å². The van der Waals surface area contributed by atoms with Gasteiger partial charge in [-0.2, -0.15) is 0 Å². The summed E-state index contributed by atoms with van der Waals surface area (Å²) < 4.78 is 8.51. The van der Waals surface area contributed by atoms with Gasteiger partial charge in [-0.3, -0.25) is 4.40 Å². The maximum Gasteiger partial charge on any atom is 0.169 e. The van der Waals surface area contributed by atoms with Crippen molar-refractivity contribution in [3.63, 3.8) is 0 Å². The summed E-state index contributed by atoms with van der Waals surface area (Å²) in [6.07, 6.45) is 1.11. The fraction of sp³-hybridized carbons (Fsp3) is 0.111. The molecule has 40 heavy (non-hydrogen) atoms. The van der Waals surface area contributed by atoms with Crippen molar-refractivity contribution in [2.75, 3.05) is 0 Å². The van der Waals surface area contributed by atoms with Crippen LogP contribution in [0.5, 0.6) is 0 Å². The van der Waals surface area contributed by atoms with Crippen LogP contribution in [-0.4, -0.2) is 14.6 Å². The summed E-state index contributed by atoms with van der Waals surface area (Å²) in [6.45, 7) is 4.53. The third-order valence-corrected chi connectivity index (χ3v) is 8.42. The summed E-state index contributed by atoms with van der Waals surface area (Å²) in [7, 11) is 0. The average molecular weight is 518 g/mol. The average Bonchev–Trinajstić information content (AvgIpc) is 3.63. The van der Waals surface area contributed by atoms with E-state index in [1.807, 2.05) is 12.1 Å². The number of aromatic nitrogens is 3. The van der Waals surface area contributed by atoms with Crippen LogP contribution in [-0.2, 0) is 0 Å². The molecule has 0 saturated heterocycles. The van der Waals surface area contributed by atoms with Crippen molar-refractivity contribution in [1.29, 1.82) is 0 Å². The number of benzene rings is 5. The van der Waals surface area contributed by atoms with Gasteiger partial charge in [0.25, 0.3) is 0 Å². The van der Waals surface area contributed by atoms with Gasteiger partial charge >= 0.3 is 0 Å². The number of para-hydroxylation sites is 2. The standard InChI is InChI=1S/C36H27N3O/c1-3-22(2)25-19-20-32-31(21-25)27-9-4-5-11-30(27)36-38-37-35(39(32)36)24-17-15-23(16-18-24)26-12-8-13-29-28-10-6-7-14-33(28)40-34(26)29/h4-22H,3H2,1-2H3. The topological polar surface area (TPSA) is 43.3 Å². The highest BCUT2D eigenvalue weighted by atomic mass is 16.3. The molecule has 1 atom stereocenters. The predicted octanol–water partition coefficient (Wildman–Crippen LogP) is 9.78. The number of nitrogens with zero attached hydrogens (tertiary/aromatic N) is 3. The second kappa shape index (κ2) is 8.78. The quantitative estimate of drug-likeness (QED) is 0.218. The van der Waals surface area contributed by atoms with E-state index in [0.717, 1.165) is 67.4 Å². The molecular weight excluding hydrogens is 490 g/mol. The maximum absolute atomic E-state index is 6.30. The molecule has 0 aliphatic rings. The molecule has 192 valence electrons. The molecule has 0 fully saturated rings. The first-order valence-corrected chi connectivity index (χ1v) is 13.9. The van der Waals surface area contributed by atoms with E-state index in [4.69, 9.17) is 14.6 Å². The lowest BCUT2D eigenvalue weighted by Crippen LogP contribution is -1.97. The molecule has 3 heterocycles. The number of hydrogen-bond acceptors (Lipinski definition) is 3. The molecule has 1 unspecified atom stereocenters. The summed E-state index contributed by atoms with van der Waals surface area (Å²) in [5.41, 5.74) is 8.40. The van der Waals surface area contributed by atoms with Crippen LogP contribution in [0.4, 0.5) is 0 Å². The zero-order valence-electron chi connectivity index (χ0n) is 22.4. The number of fused-ring (bicyclic) bond motifs is 9. The molecule has 0 spiro atoms. The van der Waals surface area contributed by atoms with E-state index in [2.05, 4.69) is 115 Å². The Morgan fingerprint density at radius 1 is 0.675 bits per heavy atom. The van der Waals surface area contributed by atoms with Crippen molar-refractivity contribution in [3.8, 4) is 22.5 Å². The fourth-order valence-electron chi connectivity index (χ4n) is 6.07. The van der Waals surface area contributed by atoms with Crippen LogP contribution in [0.15, 0.2) is 114 Å². The van der Waals surface area contributed by atoms with Crippen LogP contribution in [0, 0.1) is 0 Å². The fourth-order valence-corrected chi connectivity index (χ4v) is 6.07. The summed E-state index contributed by atoms with van der Waals surface area (Å²) in [4.78, 5) is 0. The maximum atomic E-state index is 6.30. The van der Waals surface area contributed by atoms with Crippen molar-refractivity contribution >= 4 is 49.3 Å². The molecule has 8 aromatic rings. The number of hydrogen-bond donors (Lipinski definition) is 0. The van der Waals surface area contributed by atoms with E-state index in [0.29, 0.717) is 5.92 Å². The lowest BCUT2D eigenvalue weighted by Gasteiger charge is -2.14. The highest BCUT2D eigenvalue weighted by Crippen LogP contribution is 2.37. The molecule has 0 saturated carbocycles. The first kappa shape index (κ1) is 23.0. The minimum absolute atomic E-state index is 0.503. The Balaban J connectivity index is 1.31. The SMILES string of the molecule is CCC(C)c1ccc2c(c1)c1ccccc1c1nnc(-c3ccc(-c4cccc5c4oc4ccccc45)cc3)n21. The Morgan fingerprint density at radius 2 is 1.40 bits per heavy atom. The minimum atomic E-state index is 0.503. The summed E-state index contributed by atoms with van der Waals surface area (Å²) in [5, 5.41) is 15.2. The highest BCUT2D eigenvalue weighted by molar-refractivity contribution is 6.12. The van der Waals surface area contributed by atoms with Gasteiger partial charge in [0.2, 0.25) is 0 Å². The smallest absolute Gasteiger partial charge is 0.169 e. The van der Waals surface area contributed by atoms with Crippen LogP contribution < -0.4 is 0 Å². The molecule has 0 aliphatic heterocycles. The first-order valence-electron chi connectivity index (χ1n) is 13.9. The Kier molecular flexibility index (Phi) is 5.05. The van der Waals surface area contributed by atoms with Gasteiger partial charge in [-0.25, -0.2) is 0 Å². The van der Waals surface area contributed by atoms with Gasteiger partial charge in [0.05, 0.1) is 5.52 Å². The number of pyridine rings is 1. The van der Waals surface area contributed by atoms with Gasteiger partial charge in [0.15, 0.2) is 11.5 Å². The molecule has 0 radical (unpaired) electrons. The van der Waals surface area contributed by atoms with Crippen molar-refractivity contribution in [3.05, 3.63) is 115 Å². The van der Waals surface area contributed by atoms with E-state index >= 15 is 0 Å². The number of furan rings is 1. The third-order valence-electron chi connectivity index (χ3n) is 8.42. The Morgan fingerprint density at radius 3 is 2.23 bits per heavy atom. The van der Waals surface area contributed by atoms with Gasteiger partial charge in [-0.15, -0.1) is 10.2 Å². The van der Waals surface area contributed by atoms with Crippen LogP contribution in [0.1, 0.15) is 31.7 Å². The minimum Gasteiger partial charge on any atom is -0.455 e. The molecule has 0 bridgehead atoms. The summed E-state index contributed by atoms with van der Waals surface area (Å²) >= 11 is 0. The molecule has 0 amide bonds. The van der Waals surface area contributed by atoms with Gasteiger partial charge in [0, 0.05) is 32.7 Å². The Bertz CT molecular complexity index is 2220. The first-order chi connectivity index (χ1) is 19.7. The number of rotatable bonds is 4. The van der Waals surface area contributed by atoms with Crippen LogP contribution >= 0.6 is 0 Å². The van der Waals surface area contributed by atoms with Gasteiger partial charge in [0.1, 0.15) is 11.2 Å². The van der Waals surface area contributed by atoms with E-state index in [-0.39, 0.29) is 0 Å². The lowest BCUT2D eigenvalue weighted by molar-refractivity contribution is 0.670. The van der Waals surface area contributed by atoms with Crippen molar-refractivity contribution in [2.45, 2.75) is 26.2 Å². The molecular formula is C36H27N3O. The molecule has 0 aliphatic carbocycles. The van der Waals surface area contributed by atoms with E-state index < -0.39 is 0 Å². The monoisotopic (exact) mass is 517 g/mol. The lowest BCUT2D eigenvalue weighted by atomic mass is 9.95. The molecule has 8 rings (SSSR count). The Labute approximate surface area is 231 Å². The van der Waals surface area contributed by atoms with E-state index in [1.165, 1.54) is 16.3 Å². The van der Waals surface area contributed by atoms with Crippen LogP contribution in [0.25, 0.3) is 71.8 Å². The van der Waals surface area contributed by atoms with Crippen LogP contribution in [0.2, 0.25) is 0 Å². The van der Waals surface area contributed by atoms with Crippen LogP contribution in [0.3, 0.4) is 0 Å². The highest BCUT2D eigenvalue weighted by Gasteiger charge is 2.18. The van der Waals surface area contributed by atoms with E-state index in [1.54, 1.807) is 0 Å². The molecule has 5 aromatic carbocycles. The second-order valence-corrected chi connectivity index (χ2v) is 10.7.